The number of nitrogens with zero attached hydrogens (tertiary/aromatic N) is 2. The molecular weight excluding hydrogens is 296 g/mol. The number of hydrogen-bond acceptors (Lipinski definition) is 3. The van der Waals surface area contributed by atoms with Gasteiger partial charge in [0.1, 0.15) is 5.82 Å². The van der Waals surface area contributed by atoms with Crippen LogP contribution in [0.1, 0.15) is 0 Å². The summed E-state index contributed by atoms with van der Waals surface area (Å²) >= 11 is 5.59. The molecule has 1 aromatic heterocycles. The molecule has 2 nitrogen and oxygen atoms in total. The molecule has 2 aromatic rings. The summed E-state index contributed by atoms with van der Waals surface area (Å²) in [5.41, 5.74) is 1.06. The maximum atomic E-state index is 4.77. The van der Waals surface area contributed by atoms with E-state index in [0.29, 0.717) is 0 Å². The Hall–Kier alpha value is -0.740. The molecule has 3 rings (SSSR count). The van der Waals surface area contributed by atoms with Crippen molar-refractivity contribution in [2.45, 2.75) is 0 Å². The fourth-order valence-corrected chi connectivity index (χ4v) is 3.44. The summed E-state index contributed by atoms with van der Waals surface area (Å²) in [6.45, 7) is 2.21. The second-order valence-electron chi connectivity index (χ2n) is 4.08. The van der Waals surface area contributed by atoms with E-state index < -0.39 is 0 Å². The number of benzene rings is 1. The molecule has 0 aliphatic carbocycles. The van der Waals surface area contributed by atoms with E-state index in [-0.39, 0.29) is 0 Å². The molecule has 0 unspecified atom stereocenters. The van der Waals surface area contributed by atoms with Gasteiger partial charge in [-0.15, -0.1) is 0 Å². The molecule has 0 N–H and O–H groups in total. The smallest absolute Gasteiger partial charge is 0.129 e. The number of aromatic nitrogens is 1. The number of thioether (sulfide) groups is 1. The van der Waals surface area contributed by atoms with Crippen LogP contribution < -0.4 is 4.90 Å². The first-order chi connectivity index (χ1) is 8.34. The molecule has 4 heteroatoms. The molecule has 0 radical (unpaired) electrons. The van der Waals surface area contributed by atoms with Crippen molar-refractivity contribution in [3.05, 3.63) is 34.8 Å². The van der Waals surface area contributed by atoms with Crippen molar-refractivity contribution in [2.24, 2.45) is 0 Å². The van der Waals surface area contributed by atoms with Gasteiger partial charge in [-0.2, -0.15) is 11.8 Å². The van der Waals surface area contributed by atoms with Gasteiger partial charge in [0.15, 0.2) is 0 Å². The highest BCUT2D eigenvalue weighted by molar-refractivity contribution is 9.10. The summed E-state index contributed by atoms with van der Waals surface area (Å²) in [6, 6.07) is 10.5. The summed E-state index contributed by atoms with van der Waals surface area (Å²) in [4.78, 5) is 7.14. The Kier molecular flexibility index (Phi) is 3.25. The zero-order valence-electron chi connectivity index (χ0n) is 9.40. The van der Waals surface area contributed by atoms with Crippen molar-refractivity contribution in [3.8, 4) is 0 Å². The predicted octanol–water partition coefficient (Wildman–Crippen LogP) is 3.55. The molecule has 0 spiro atoms. The summed E-state index contributed by atoms with van der Waals surface area (Å²) in [6.07, 6.45) is 0. The lowest BCUT2D eigenvalue weighted by atomic mass is 10.2. The van der Waals surface area contributed by atoms with Crippen LogP contribution in [0.3, 0.4) is 0 Å². The van der Waals surface area contributed by atoms with Crippen LogP contribution in [-0.4, -0.2) is 29.6 Å². The molecule has 1 saturated heterocycles. The minimum absolute atomic E-state index is 1.06. The van der Waals surface area contributed by atoms with Gasteiger partial charge in [0.05, 0.1) is 5.52 Å². The lowest BCUT2D eigenvalue weighted by Gasteiger charge is -2.27. The lowest BCUT2D eigenvalue weighted by Crippen LogP contribution is -2.33. The van der Waals surface area contributed by atoms with Gasteiger partial charge in [0, 0.05) is 34.5 Å². The minimum atomic E-state index is 1.06. The highest BCUT2D eigenvalue weighted by Crippen LogP contribution is 2.25. The van der Waals surface area contributed by atoms with Crippen molar-refractivity contribution in [3.63, 3.8) is 0 Å². The van der Waals surface area contributed by atoms with Crippen LogP contribution >= 0.6 is 27.7 Å². The van der Waals surface area contributed by atoms with Gasteiger partial charge in [-0.3, -0.25) is 0 Å². The average Bonchev–Trinajstić information content (AvgIpc) is 2.40. The number of fused-ring (bicyclic) bond motifs is 1. The SMILES string of the molecule is Brc1cccc2ccc(N3CCSCC3)nc12. The van der Waals surface area contributed by atoms with E-state index in [9.17, 15) is 0 Å². The highest BCUT2D eigenvalue weighted by atomic mass is 79.9. The zero-order valence-corrected chi connectivity index (χ0v) is 11.8. The molecule has 1 aliphatic rings. The fourth-order valence-electron chi connectivity index (χ4n) is 2.07. The van der Waals surface area contributed by atoms with Crippen LogP contribution in [0.4, 0.5) is 5.82 Å². The molecule has 1 fully saturated rings. The van der Waals surface area contributed by atoms with Crippen molar-refractivity contribution in [2.75, 3.05) is 29.5 Å². The molecule has 1 aliphatic heterocycles. The molecule has 1 aromatic carbocycles. The molecule has 0 amide bonds. The first-order valence-electron chi connectivity index (χ1n) is 5.72. The normalized spacial score (nSPS) is 16.4. The Morgan fingerprint density at radius 3 is 2.76 bits per heavy atom. The van der Waals surface area contributed by atoms with Crippen LogP contribution in [0.2, 0.25) is 0 Å². The van der Waals surface area contributed by atoms with Crippen LogP contribution in [0, 0.1) is 0 Å². The summed E-state index contributed by atoms with van der Waals surface area (Å²) in [5.74, 6) is 3.51. The molecule has 0 saturated carbocycles. The van der Waals surface area contributed by atoms with Crippen molar-refractivity contribution < 1.29 is 0 Å². The van der Waals surface area contributed by atoms with Gasteiger partial charge in [-0.1, -0.05) is 12.1 Å². The van der Waals surface area contributed by atoms with Gasteiger partial charge in [0.25, 0.3) is 0 Å². The van der Waals surface area contributed by atoms with Gasteiger partial charge >= 0.3 is 0 Å². The molecule has 0 bridgehead atoms. The van der Waals surface area contributed by atoms with E-state index in [1.54, 1.807) is 0 Å². The monoisotopic (exact) mass is 308 g/mol. The van der Waals surface area contributed by atoms with E-state index in [1.807, 2.05) is 23.9 Å². The predicted molar refractivity (Wildman–Crippen MR) is 79.0 cm³/mol. The molecule has 88 valence electrons. The highest BCUT2D eigenvalue weighted by Gasteiger charge is 2.12. The average molecular weight is 309 g/mol. The van der Waals surface area contributed by atoms with E-state index in [1.165, 1.54) is 16.9 Å². The summed E-state index contributed by atoms with van der Waals surface area (Å²) < 4.78 is 1.07. The largest absolute Gasteiger partial charge is 0.355 e. The van der Waals surface area contributed by atoms with Gasteiger partial charge in [-0.25, -0.2) is 4.98 Å². The van der Waals surface area contributed by atoms with E-state index in [2.05, 4.69) is 39.0 Å². The van der Waals surface area contributed by atoms with Gasteiger partial charge in [0.2, 0.25) is 0 Å². The third kappa shape index (κ3) is 2.29. The first kappa shape index (κ1) is 11.4. The lowest BCUT2D eigenvalue weighted by molar-refractivity contribution is 0.843. The maximum Gasteiger partial charge on any atom is 0.129 e. The van der Waals surface area contributed by atoms with E-state index >= 15 is 0 Å². The molecule has 2 heterocycles. The minimum Gasteiger partial charge on any atom is -0.355 e. The van der Waals surface area contributed by atoms with Gasteiger partial charge < -0.3 is 4.90 Å². The summed E-state index contributed by atoms with van der Waals surface area (Å²) in [5, 5.41) is 1.19. The van der Waals surface area contributed by atoms with Crippen LogP contribution in [0.25, 0.3) is 10.9 Å². The number of pyridine rings is 1. The molecule has 17 heavy (non-hydrogen) atoms. The number of halogens is 1. The van der Waals surface area contributed by atoms with E-state index in [0.717, 1.165) is 28.9 Å². The van der Waals surface area contributed by atoms with Crippen LogP contribution in [0.5, 0.6) is 0 Å². The maximum absolute atomic E-state index is 4.77. The number of hydrogen-bond donors (Lipinski definition) is 0. The second kappa shape index (κ2) is 4.86. The Bertz CT molecular complexity index is 538. The van der Waals surface area contributed by atoms with Crippen molar-refractivity contribution in [1.82, 2.24) is 4.98 Å². The first-order valence-corrected chi connectivity index (χ1v) is 7.67. The standard InChI is InChI=1S/C13H13BrN2S/c14-11-3-1-2-10-4-5-12(15-13(10)11)16-6-8-17-9-7-16/h1-5H,6-9H2. The molecular formula is C13H13BrN2S. The van der Waals surface area contributed by atoms with Crippen LogP contribution in [0.15, 0.2) is 34.8 Å². The van der Waals surface area contributed by atoms with E-state index in [4.69, 9.17) is 4.98 Å². The van der Waals surface area contributed by atoms with Crippen molar-refractivity contribution in [1.29, 1.82) is 0 Å². The van der Waals surface area contributed by atoms with Gasteiger partial charge in [-0.05, 0) is 34.1 Å². The quantitative estimate of drug-likeness (QED) is 0.801. The molecule has 0 atom stereocenters. The Morgan fingerprint density at radius 2 is 1.94 bits per heavy atom. The zero-order chi connectivity index (χ0) is 11.7. The third-order valence-corrected chi connectivity index (χ3v) is 4.57. The topological polar surface area (TPSA) is 16.1 Å². The van der Waals surface area contributed by atoms with Crippen molar-refractivity contribution >= 4 is 44.4 Å². The third-order valence-electron chi connectivity index (χ3n) is 2.99. The Balaban J connectivity index is 2.03. The number of anilines is 1. The Labute approximate surface area is 114 Å². The van der Waals surface area contributed by atoms with Crippen LogP contribution in [-0.2, 0) is 0 Å². The second-order valence-corrected chi connectivity index (χ2v) is 6.16. The fraction of sp³-hybridized carbons (Fsp3) is 0.308. The summed E-state index contributed by atoms with van der Waals surface area (Å²) in [7, 11) is 0. The number of rotatable bonds is 1. The Morgan fingerprint density at radius 1 is 1.12 bits per heavy atom. The number of para-hydroxylation sites is 1.